The average Bonchev–Trinajstić information content (AvgIpc) is 3.30. The summed E-state index contributed by atoms with van der Waals surface area (Å²) in [5, 5.41) is 13.1. The Labute approximate surface area is 195 Å². The highest BCUT2D eigenvalue weighted by Crippen LogP contribution is 2.22. The molecule has 0 aliphatic carbocycles. The highest BCUT2D eigenvalue weighted by atomic mass is 19.1. The molecule has 0 bridgehead atoms. The Hall–Kier alpha value is -4.07. The molecular formula is C26H25F2N5O. The van der Waals surface area contributed by atoms with Crippen molar-refractivity contribution < 1.29 is 13.6 Å². The lowest BCUT2D eigenvalue weighted by atomic mass is 10.0. The molecule has 4 rings (SSSR count). The first-order valence-corrected chi connectivity index (χ1v) is 11.0. The van der Waals surface area contributed by atoms with Gasteiger partial charge in [0.25, 0.3) is 5.91 Å². The van der Waals surface area contributed by atoms with E-state index in [1.165, 1.54) is 12.1 Å². The summed E-state index contributed by atoms with van der Waals surface area (Å²) in [5.74, 6) is -0.0719. The maximum absolute atomic E-state index is 13.2. The first-order valence-electron chi connectivity index (χ1n) is 11.0. The first kappa shape index (κ1) is 23.1. The quantitative estimate of drug-likeness (QED) is 0.158. The number of carbonyl (C=O) groups excluding carboxylic acids is 1. The van der Waals surface area contributed by atoms with E-state index >= 15 is 0 Å². The summed E-state index contributed by atoms with van der Waals surface area (Å²) in [5.41, 5.74) is 3.91. The molecule has 3 aromatic carbocycles. The number of halogens is 2. The molecule has 8 heteroatoms. The van der Waals surface area contributed by atoms with Crippen molar-refractivity contribution in [3.63, 3.8) is 0 Å². The van der Waals surface area contributed by atoms with Crippen LogP contribution in [-0.4, -0.2) is 34.9 Å². The van der Waals surface area contributed by atoms with Crippen LogP contribution in [0.25, 0.3) is 22.2 Å². The van der Waals surface area contributed by atoms with E-state index in [4.69, 9.17) is 5.41 Å². The van der Waals surface area contributed by atoms with Gasteiger partial charge in [0.15, 0.2) is 0 Å². The van der Waals surface area contributed by atoms with Gasteiger partial charge in [0.1, 0.15) is 24.2 Å². The molecule has 1 atom stereocenters. The Morgan fingerprint density at radius 3 is 2.35 bits per heavy atom. The highest BCUT2D eigenvalue weighted by Gasteiger charge is 2.19. The van der Waals surface area contributed by atoms with Gasteiger partial charge in [-0.1, -0.05) is 36.4 Å². The Bertz CT molecular complexity index is 1240. The van der Waals surface area contributed by atoms with Crippen LogP contribution in [0.3, 0.4) is 0 Å². The van der Waals surface area contributed by atoms with E-state index in [2.05, 4.69) is 20.6 Å². The molecule has 1 unspecified atom stereocenters. The van der Waals surface area contributed by atoms with E-state index < -0.39 is 12.7 Å². The standard InChI is InChI=1S/C26H25F2N5O/c27-16-24(29)30-15-3-6-23(25-31-21-4-1-2-5-22(21)32-25)33-26(34)19-9-7-17(8-10-19)18-11-13-20(28)14-12-18/h1-2,4-5,7-14,23H,3,6,15-16H2,(H2,29,30)(H,31,32)(H,33,34). The summed E-state index contributed by atoms with van der Waals surface area (Å²) in [6.07, 6.45) is 1.15. The maximum atomic E-state index is 13.2. The third-order valence-electron chi connectivity index (χ3n) is 5.51. The van der Waals surface area contributed by atoms with Gasteiger partial charge in [-0.25, -0.2) is 13.8 Å². The molecule has 0 saturated carbocycles. The van der Waals surface area contributed by atoms with E-state index in [0.717, 1.165) is 22.2 Å². The zero-order valence-electron chi connectivity index (χ0n) is 18.4. The molecule has 4 N–H and O–H groups in total. The Kier molecular flexibility index (Phi) is 7.27. The molecule has 174 valence electrons. The number of amidine groups is 1. The smallest absolute Gasteiger partial charge is 0.251 e. The second kappa shape index (κ2) is 10.7. The number of carbonyl (C=O) groups is 1. The topological polar surface area (TPSA) is 93.7 Å². The van der Waals surface area contributed by atoms with Gasteiger partial charge < -0.3 is 15.6 Å². The summed E-state index contributed by atoms with van der Waals surface area (Å²) in [7, 11) is 0. The average molecular weight is 462 g/mol. The predicted octanol–water partition coefficient (Wildman–Crippen LogP) is 5.16. The summed E-state index contributed by atoms with van der Waals surface area (Å²) in [6.45, 7) is -0.417. The molecule has 0 saturated heterocycles. The van der Waals surface area contributed by atoms with E-state index in [0.29, 0.717) is 30.8 Å². The second-order valence-corrected chi connectivity index (χ2v) is 7.93. The minimum Gasteiger partial charge on any atom is -0.372 e. The molecule has 34 heavy (non-hydrogen) atoms. The molecule has 0 spiro atoms. The number of benzene rings is 3. The summed E-state index contributed by atoms with van der Waals surface area (Å²) in [6, 6.07) is 20.5. The van der Waals surface area contributed by atoms with Crippen molar-refractivity contribution in [3.8, 4) is 11.1 Å². The molecule has 1 aromatic heterocycles. The monoisotopic (exact) mass is 461 g/mol. The molecule has 0 radical (unpaired) electrons. The van der Waals surface area contributed by atoms with Gasteiger partial charge in [-0.3, -0.25) is 10.2 Å². The molecule has 0 aliphatic rings. The number of H-pyrrole nitrogens is 1. The van der Waals surface area contributed by atoms with Crippen LogP contribution in [0.1, 0.15) is 35.1 Å². The number of hydrogen-bond donors (Lipinski definition) is 4. The maximum Gasteiger partial charge on any atom is 0.251 e. The fourth-order valence-corrected chi connectivity index (χ4v) is 3.71. The van der Waals surface area contributed by atoms with Crippen molar-refractivity contribution in [2.45, 2.75) is 18.9 Å². The molecule has 1 amide bonds. The molecule has 6 nitrogen and oxygen atoms in total. The Balaban J connectivity index is 1.48. The van der Waals surface area contributed by atoms with Gasteiger partial charge in [-0.2, -0.15) is 0 Å². The SMILES string of the molecule is N=C(CF)NCCCC(NC(=O)c1ccc(-c2ccc(F)cc2)cc1)c1nc2ccccc2[nH]1. The number of nitrogens with one attached hydrogen (secondary N) is 4. The number of nitrogens with zero attached hydrogens (tertiary/aromatic N) is 1. The van der Waals surface area contributed by atoms with Crippen LogP contribution >= 0.6 is 0 Å². The van der Waals surface area contributed by atoms with Crippen LogP contribution in [-0.2, 0) is 0 Å². The number of imidazole rings is 1. The van der Waals surface area contributed by atoms with Crippen LogP contribution in [0.2, 0.25) is 0 Å². The van der Waals surface area contributed by atoms with E-state index in [9.17, 15) is 13.6 Å². The van der Waals surface area contributed by atoms with Gasteiger partial charge in [0, 0.05) is 12.1 Å². The van der Waals surface area contributed by atoms with Crippen molar-refractivity contribution in [3.05, 3.63) is 90.0 Å². The highest BCUT2D eigenvalue weighted by molar-refractivity contribution is 5.95. The predicted molar refractivity (Wildman–Crippen MR) is 129 cm³/mol. The summed E-state index contributed by atoms with van der Waals surface area (Å²) < 4.78 is 25.7. The van der Waals surface area contributed by atoms with Crippen LogP contribution in [0, 0.1) is 11.2 Å². The molecular weight excluding hydrogens is 436 g/mol. The normalized spacial score (nSPS) is 11.8. The summed E-state index contributed by atoms with van der Waals surface area (Å²) in [4.78, 5) is 20.9. The number of fused-ring (bicyclic) bond motifs is 1. The number of alkyl halides is 1. The van der Waals surface area contributed by atoms with Gasteiger partial charge in [0.05, 0.1) is 17.1 Å². The van der Waals surface area contributed by atoms with E-state index in [1.807, 2.05) is 36.4 Å². The van der Waals surface area contributed by atoms with Crippen molar-refractivity contribution in [2.24, 2.45) is 0 Å². The number of amides is 1. The fourth-order valence-electron chi connectivity index (χ4n) is 3.71. The van der Waals surface area contributed by atoms with E-state index in [-0.39, 0.29) is 17.6 Å². The van der Waals surface area contributed by atoms with Crippen LogP contribution in [0.15, 0.2) is 72.8 Å². The van der Waals surface area contributed by atoms with Crippen molar-refractivity contribution in [2.75, 3.05) is 13.2 Å². The molecule has 4 aromatic rings. The Morgan fingerprint density at radius 1 is 1.00 bits per heavy atom. The van der Waals surface area contributed by atoms with Crippen molar-refractivity contribution in [1.82, 2.24) is 20.6 Å². The van der Waals surface area contributed by atoms with Crippen LogP contribution in [0.4, 0.5) is 8.78 Å². The van der Waals surface area contributed by atoms with Crippen LogP contribution in [0.5, 0.6) is 0 Å². The lowest BCUT2D eigenvalue weighted by molar-refractivity contribution is 0.0932. The van der Waals surface area contributed by atoms with Gasteiger partial charge in [0.2, 0.25) is 0 Å². The third kappa shape index (κ3) is 5.64. The van der Waals surface area contributed by atoms with Crippen LogP contribution < -0.4 is 10.6 Å². The zero-order chi connectivity index (χ0) is 23.9. The number of para-hydroxylation sites is 2. The number of aromatic amines is 1. The number of aromatic nitrogens is 2. The van der Waals surface area contributed by atoms with E-state index in [1.54, 1.807) is 24.3 Å². The first-order chi connectivity index (χ1) is 16.5. The van der Waals surface area contributed by atoms with Crippen molar-refractivity contribution in [1.29, 1.82) is 5.41 Å². The van der Waals surface area contributed by atoms with Crippen molar-refractivity contribution >= 4 is 22.8 Å². The summed E-state index contributed by atoms with van der Waals surface area (Å²) >= 11 is 0. The number of hydrogen-bond acceptors (Lipinski definition) is 3. The molecule has 1 heterocycles. The largest absolute Gasteiger partial charge is 0.372 e. The lowest BCUT2D eigenvalue weighted by Crippen LogP contribution is -2.31. The fraction of sp³-hybridized carbons (Fsp3) is 0.192. The third-order valence-corrected chi connectivity index (χ3v) is 5.51. The minimum atomic E-state index is -0.836. The van der Waals surface area contributed by atoms with Gasteiger partial charge in [-0.15, -0.1) is 0 Å². The van der Waals surface area contributed by atoms with Gasteiger partial charge in [-0.05, 0) is 60.4 Å². The zero-order valence-corrected chi connectivity index (χ0v) is 18.4. The lowest BCUT2D eigenvalue weighted by Gasteiger charge is -2.17. The second-order valence-electron chi connectivity index (χ2n) is 7.93. The van der Waals surface area contributed by atoms with Gasteiger partial charge >= 0.3 is 0 Å². The Morgan fingerprint density at radius 2 is 1.68 bits per heavy atom. The molecule has 0 fully saturated rings. The number of rotatable bonds is 9. The molecule has 0 aliphatic heterocycles. The minimum absolute atomic E-state index is 0.162.